The third kappa shape index (κ3) is 5.90. The highest BCUT2D eigenvalue weighted by atomic mass is 35.5. The summed E-state index contributed by atoms with van der Waals surface area (Å²) >= 11 is 6.30. The van der Waals surface area contributed by atoms with E-state index in [9.17, 15) is 4.79 Å². The molecule has 1 atom stereocenters. The third-order valence-electron chi connectivity index (χ3n) is 6.10. The number of amides is 1. The average molecular weight is 517 g/mol. The fourth-order valence-corrected chi connectivity index (χ4v) is 4.46. The molecule has 4 N–H and O–H groups in total. The minimum atomic E-state index is -0.644. The number of aromatic nitrogens is 2. The summed E-state index contributed by atoms with van der Waals surface area (Å²) < 4.78 is 5.30. The first-order valence-electron chi connectivity index (χ1n) is 12.1. The molecule has 190 valence electrons. The van der Waals surface area contributed by atoms with Crippen molar-refractivity contribution in [1.82, 2.24) is 9.97 Å². The van der Waals surface area contributed by atoms with Crippen LogP contribution in [0.3, 0.4) is 0 Å². The fraction of sp³-hybridized carbons (Fsp3) is 0.207. The number of anilines is 2. The number of nitrogens with zero attached hydrogens (tertiary/aromatic N) is 2. The van der Waals surface area contributed by atoms with Crippen molar-refractivity contribution in [1.29, 1.82) is 0 Å². The van der Waals surface area contributed by atoms with Crippen molar-refractivity contribution in [3.63, 3.8) is 0 Å². The summed E-state index contributed by atoms with van der Waals surface area (Å²) in [7, 11) is 0. The minimum Gasteiger partial charge on any atom is -0.444 e. The normalized spacial score (nSPS) is 13.5. The van der Waals surface area contributed by atoms with E-state index in [1.807, 2.05) is 50.2 Å². The molecule has 0 aliphatic heterocycles. The number of rotatable bonds is 5. The predicted molar refractivity (Wildman–Crippen MR) is 146 cm³/mol. The number of hydrogen-bond acceptors (Lipinski definition) is 6. The average Bonchev–Trinajstić information content (AvgIpc) is 2.94. The Morgan fingerprint density at radius 2 is 1.84 bits per heavy atom. The molecule has 1 aliphatic rings. The molecule has 0 spiro atoms. The minimum absolute atomic E-state index is 0.0328. The van der Waals surface area contributed by atoms with Crippen LogP contribution in [0.4, 0.5) is 16.4 Å². The van der Waals surface area contributed by atoms with Crippen LogP contribution in [-0.4, -0.2) is 21.2 Å². The highest BCUT2D eigenvalue weighted by molar-refractivity contribution is 6.33. The molecule has 0 saturated heterocycles. The number of benzene rings is 3. The Morgan fingerprint density at radius 3 is 2.57 bits per heavy atom. The first-order chi connectivity index (χ1) is 18.0. The largest absolute Gasteiger partial charge is 0.444 e. The summed E-state index contributed by atoms with van der Waals surface area (Å²) in [4.78, 5) is 21.3. The Hall–Kier alpha value is -3.94. The van der Waals surface area contributed by atoms with Gasteiger partial charge in [0.2, 0.25) is 5.95 Å². The summed E-state index contributed by atoms with van der Waals surface area (Å²) in [5.74, 6) is 0.259. The van der Waals surface area contributed by atoms with E-state index in [0.29, 0.717) is 17.1 Å². The number of aliphatic hydroxyl groups excluding tert-OH is 1. The molecule has 5 rings (SSSR count). The van der Waals surface area contributed by atoms with Crippen molar-refractivity contribution >= 4 is 29.3 Å². The van der Waals surface area contributed by atoms with Gasteiger partial charge < -0.3 is 15.6 Å². The maximum absolute atomic E-state index is 12.3. The number of ether oxygens (including phenoxy) is 1. The molecule has 1 aliphatic carbocycles. The van der Waals surface area contributed by atoms with E-state index >= 15 is 0 Å². The van der Waals surface area contributed by atoms with Crippen LogP contribution in [0.1, 0.15) is 47.6 Å². The van der Waals surface area contributed by atoms with Crippen molar-refractivity contribution < 1.29 is 14.6 Å². The Bertz CT molecular complexity index is 1390. The Balaban J connectivity index is 0.00000156. The molecule has 0 saturated carbocycles. The zero-order valence-electron chi connectivity index (χ0n) is 20.7. The second-order valence-electron chi connectivity index (χ2n) is 8.37. The van der Waals surface area contributed by atoms with Crippen LogP contribution in [0.25, 0.3) is 11.3 Å². The van der Waals surface area contributed by atoms with E-state index in [1.165, 1.54) is 0 Å². The zero-order valence-corrected chi connectivity index (χ0v) is 21.5. The van der Waals surface area contributed by atoms with Crippen molar-refractivity contribution in [2.24, 2.45) is 0 Å². The van der Waals surface area contributed by atoms with Gasteiger partial charge in [-0.1, -0.05) is 80.0 Å². The Morgan fingerprint density at radius 1 is 1.11 bits per heavy atom. The third-order valence-corrected chi connectivity index (χ3v) is 6.42. The Labute approximate surface area is 221 Å². The van der Waals surface area contributed by atoms with Crippen LogP contribution >= 0.6 is 11.6 Å². The van der Waals surface area contributed by atoms with Gasteiger partial charge in [-0.05, 0) is 46.4 Å². The monoisotopic (exact) mass is 516 g/mol. The number of fused-ring (bicyclic) bond motifs is 3. The van der Waals surface area contributed by atoms with Gasteiger partial charge in [-0.25, -0.2) is 14.8 Å². The predicted octanol–water partition coefficient (Wildman–Crippen LogP) is 6.33. The second kappa shape index (κ2) is 11.9. The summed E-state index contributed by atoms with van der Waals surface area (Å²) in [6.07, 6.45) is 1.80. The maximum atomic E-state index is 12.3. The zero-order chi connectivity index (χ0) is 26.4. The number of aliphatic hydroxyl groups is 1. The number of hydrogen-bond donors (Lipinski definition) is 3. The molecular formula is C29H29ClN4O3. The fourth-order valence-electron chi connectivity index (χ4n) is 4.27. The van der Waals surface area contributed by atoms with Gasteiger partial charge in [0, 0.05) is 17.7 Å². The van der Waals surface area contributed by atoms with E-state index in [2.05, 4.69) is 21.4 Å². The topological polar surface area (TPSA) is 110 Å². The Kier molecular flexibility index (Phi) is 8.38. The first-order valence-corrected chi connectivity index (χ1v) is 12.5. The molecule has 0 radical (unpaired) electrons. The van der Waals surface area contributed by atoms with Gasteiger partial charge in [0.25, 0.3) is 0 Å². The van der Waals surface area contributed by atoms with Crippen LogP contribution in [0.2, 0.25) is 5.02 Å². The standard InChI is InChI=1S/C27H23ClN4O3.C2H6/c28-23-12-18(9-10-24(23)29)22-11-19-13-30-26(31-25(19)21-4-2-1-3-20(21)22)32-27(34)35-15-17-7-5-16(14-33)6-8-17;1-2/h1-10,12-13,22,33H,11,14-15,29H2,(H,30,31,32,34);1-2H3. The van der Waals surface area contributed by atoms with E-state index in [0.717, 1.165) is 39.1 Å². The molecule has 1 aromatic heterocycles. The van der Waals surface area contributed by atoms with Gasteiger partial charge >= 0.3 is 6.09 Å². The number of carbonyl (C=O) groups excluding carboxylic acids is 1. The molecule has 1 unspecified atom stereocenters. The first kappa shape index (κ1) is 26.1. The molecule has 0 bridgehead atoms. The molecule has 1 heterocycles. The van der Waals surface area contributed by atoms with Gasteiger partial charge in [0.05, 0.1) is 23.0 Å². The molecule has 4 aromatic rings. The molecule has 37 heavy (non-hydrogen) atoms. The van der Waals surface area contributed by atoms with Crippen LogP contribution in [-0.2, 0) is 24.4 Å². The number of nitrogens with one attached hydrogen (secondary N) is 1. The smallest absolute Gasteiger partial charge is 0.414 e. The van der Waals surface area contributed by atoms with Gasteiger partial charge in [0.15, 0.2) is 0 Å². The van der Waals surface area contributed by atoms with Crippen molar-refractivity contribution in [3.05, 3.63) is 106 Å². The van der Waals surface area contributed by atoms with Crippen LogP contribution in [0, 0.1) is 0 Å². The number of halogens is 1. The SMILES string of the molecule is CC.Nc1ccc(C2Cc3cnc(NC(=O)OCc4ccc(CO)cc4)nc3-c3ccccc32)cc1Cl. The molecule has 3 aromatic carbocycles. The van der Waals surface area contributed by atoms with Crippen LogP contribution < -0.4 is 11.1 Å². The lowest BCUT2D eigenvalue weighted by Gasteiger charge is -2.27. The van der Waals surface area contributed by atoms with E-state index in [4.69, 9.17) is 27.2 Å². The van der Waals surface area contributed by atoms with Crippen molar-refractivity contribution in [3.8, 4) is 11.3 Å². The van der Waals surface area contributed by atoms with Crippen LogP contribution in [0.5, 0.6) is 0 Å². The van der Waals surface area contributed by atoms with Gasteiger partial charge in [-0.3, -0.25) is 5.32 Å². The lowest BCUT2D eigenvalue weighted by atomic mass is 9.78. The summed E-state index contributed by atoms with van der Waals surface area (Å²) in [5.41, 5.74) is 13.0. The summed E-state index contributed by atoms with van der Waals surface area (Å²) in [6.45, 7) is 4.06. The summed E-state index contributed by atoms with van der Waals surface area (Å²) in [6, 6.07) is 21.0. The van der Waals surface area contributed by atoms with Gasteiger partial charge in [-0.15, -0.1) is 0 Å². The lowest BCUT2D eigenvalue weighted by Crippen LogP contribution is -2.18. The number of carbonyl (C=O) groups is 1. The van der Waals surface area contributed by atoms with E-state index in [1.54, 1.807) is 30.5 Å². The van der Waals surface area contributed by atoms with Crippen molar-refractivity contribution in [2.45, 2.75) is 39.4 Å². The van der Waals surface area contributed by atoms with Gasteiger partial charge in [-0.2, -0.15) is 0 Å². The van der Waals surface area contributed by atoms with Crippen LogP contribution in [0.15, 0.2) is 72.9 Å². The lowest BCUT2D eigenvalue weighted by molar-refractivity contribution is 0.155. The molecule has 0 fully saturated rings. The summed E-state index contributed by atoms with van der Waals surface area (Å²) in [5, 5.41) is 12.3. The quantitative estimate of drug-likeness (QED) is 0.267. The van der Waals surface area contributed by atoms with E-state index in [-0.39, 0.29) is 25.1 Å². The van der Waals surface area contributed by atoms with Gasteiger partial charge in [0.1, 0.15) is 6.61 Å². The second-order valence-corrected chi connectivity index (χ2v) is 8.78. The number of nitrogen functional groups attached to an aromatic ring is 1. The highest BCUT2D eigenvalue weighted by Crippen LogP contribution is 2.42. The molecule has 8 heteroatoms. The molecular weight excluding hydrogens is 488 g/mol. The molecule has 7 nitrogen and oxygen atoms in total. The highest BCUT2D eigenvalue weighted by Gasteiger charge is 2.28. The molecule has 1 amide bonds. The maximum Gasteiger partial charge on any atom is 0.414 e. The van der Waals surface area contributed by atoms with Crippen molar-refractivity contribution in [2.75, 3.05) is 11.1 Å². The number of nitrogens with two attached hydrogens (primary N) is 1. The van der Waals surface area contributed by atoms with E-state index < -0.39 is 6.09 Å².